The van der Waals surface area contributed by atoms with Crippen molar-refractivity contribution >= 4 is 28.6 Å². The minimum Gasteiger partial charge on any atom is -0.398 e. The van der Waals surface area contributed by atoms with E-state index in [1.54, 1.807) is 6.07 Å². The molecule has 4 heteroatoms. The van der Waals surface area contributed by atoms with Crippen LogP contribution in [0.4, 0.5) is 5.69 Å². The Kier molecular flexibility index (Phi) is 2.86. The van der Waals surface area contributed by atoms with Gasteiger partial charge in [0, 0.05) is 16.1 Å². The number of nitriles is 1. The molecule has 2 N–H and O–H groups in total. The van der Waals surface area contributed by atoms with Crippen LogP contribution in [0.2, 0.25) is 4.34 Å². The monoisotopic (exact) mass is 248 g/mol. The summed E-state index contributed by atoms with van der Waals surface area (Å²) in [6.07, 6.45) is 0. The number of thiophene rings is 1. The van der Waals surface area contributed by atoms with E-state index in [4.69, 9.17) is 22.6 Å². The molecule has 2 aromatic rings. The molecule has 2 rings (SSSR count). The van der Waals surface area contributed by atoms with Gasteiger partial charge in [0.2, 0.25) is 0 Å². The Balaban J connectivity index is 2.63. The standard InChI is InChI=1S/C12H9ClN2S/c1-7-4-8(6-14)5-9(15)12(7)10-2-3-11(13)16-10/h2-5H,15H2,1H3. The molecular weight excluding hydrogens is 240 g/mol. The number of nitrogens with two attached hydrogens (primary N) is 1. The zero-order valence-corrected chi connectivity index (χ0v) is 10.2. The van der Waals surface area contributed by atoms with E-state index >= 15 is 0 Å². The van der Waals surface area contributed by atoms with Crippen LogP contribution in [0.25, 0.3) is 10.4 Å². The third kappa shape index (κ3) is 1.90. The topological polar surface area (TPSA) is 49.8 Å². The number of hydrogen-bond donors (Lipinski definition) is 1. The molecular formula is C12H9ClN2S. The van der Waals surface area contributed by atoms with E-state index in [0.717, 1.165) is 20.3 Å². The SMILES string of the molecule is Cc1cc(C#N)cc(N)c1-c1ccc(Cl)s1. The van der Waals surface area contributed by atoms with Crippen LogP contribution in [-0.2, 0) is 0 Å². The molecule has 16 heavy (non-hydrogen) atoms. The number of hydrogen-bond acceptors (Lipinski definition) is 3. The lowest BCUT2D eigenvalue weighted by Crippen LogP contribution is -1.93. The van der Waals surface area contributed by atoms with Crippen molar-refractivity contribution < 1.29 is 0 Å². The van der Waals surface area contributed by atoms with E-state index in [1.807, 2.05) is 25.1 Å². The molecule has 0 saturated carbocycles. The van der Waals surface area contributed by atoms with Crippen molar-refractivity contribution in [2.45, 2.75) is 6.92 Å². The second-order valence-electron chi connectivity index (χ2n) is 3.47. The second-order valence-corrected chi connectivity index (χ2v) is 5.19. The van der Waals surface area contributed by atoms with Crippen molar-refractivity contribution in [1.82, 2.24) is 0 Å². The summed E-state index contributed by atoms with van der Waals surface area (Å²) in [5.74, 6) is 0. The fourth-order valence-electron chi connectivity index (χ4n) is 1.66. The van der Waals surface area contributed by atoms with Crippen molar-refractivity contribution in [2.24, 2.45) is 0 Å². The highest BCUT2D eigenvalue weighted by Gasteiger charge is 2.10. The molecule has 1 heterocycles. The summed E-state index contributed by atoms with van der Waals surface area (Å²) < 4.78 is 0.734. The molecule has 0 atom stereocenters. The average Bonchev–Trinajstić information content (AvgIpc) is 2.63. The Bertz CT molecular complexity index is 558. The summed E-state index contributed by atoms with van der Waals surface area (Å²) in [4.78, 5) is 1.03. The smallest absolute Gasteiger partial charge is 0.0992 e. The van der Waals surface area contributed by atoms with Gasteiger partial charge in [-0.1, -0.05) is 11.6 Å². The van der Waals surface area contributed by atoms with Gasteiger partial charge in [0.05, 0.1) is 16.0 Å². The summed E-state index contributed by atoms with van der Waals surface area (Å²) in [5, 5.41) is 8.83. The Labute approximate surface area is 103 Å². The van der Waals surface area contributed by atoms with E-state index in [0.29, 0.717) is 11.3 Å². The Morgan fingerprint density at radius 3 is 2.62 bits per heavy atom. The van der Waals surface area contributed by atoms with Crippen LogP contribution < -0.4 is 5.73 Å². The van der Waals surface area contributed by atoms with Gasteiger partial charge in [0.25, 0.3) is 0 Å². The van der Waals surface area contributed by atoms with E-state index in [2.05, 4.69) is 6.07 Å². The molecule has 1 aromatic carbocycles. The Morgan fingerprint density at radius 1 is 1.38 bits per heavy atom. The number of nitrogen functional groups attached to an aromatic ring is 1. The molecule has 2 nitrogen and oxygen atoms in total. The lowest BCUT2D eigenvalue weighted by Gasteiger charge is -2.07. The molecule has 0 amide bonds. The lowest BCUT2D eigenvalue weighted by molar-refractivity contribution is 1.42. The first-order valence-electron chi connectivity index (χ1n) is 4.67. The molecule has 1 aromatic heterocycles. The van der Waals surface area contributed by atoms with Crippen LogP contribution in [0, 0.1) is 18.3 Å². The third-order valence-electron chi connectivity index (χ3n) is 2.31. The molecule has 0 aliphatic rings. The first-order valence-corrected chi connectivity index (χ1v) is 5.87. The van der Waals surface area contributed by atoms with Crippen LogP contribution in [0.5, 0.6) is 0 Å². The lowest BCUT2D eigenvalue weighted by atomic mass is 10.0. The number of rotatable bonds is 1. The van der Waals surface area contributed by atoms with Gasteiger partial charge < -0.3 is 5.73 Å². The predicted molar refractivity (Wildman–Crippen MR) is 68.6 cm³/mol. The molecule has 0 aliphatic carbocycles. The van der Waals surface area contributed by atoms with Crippen molar-refractivity contribution in [3.05, 3.63) is 39.7 Å². The largest absolute Gasteiger partial charge is 0.398 e. The molecule has 0 aliphatic heterocycles. The maximum absolute atomic E-state index is 8.83. The maximum atomic E-state index is 8.83. The highest BCUT2D eigenvalue weighted by molar-refractivity contribution is 7.19. The molecule has 0 fully saturated rings. The second kappa shape index (κ2) is 4.17. The summed E-state index contributed by atoms with van der Waals surface area (Å²) >= 11 is 7.38. The van der Waals surface area contributed by atoms with Crippen LogP contribution in [0.15, 0.2) is 24.3 Å². The minimum atomic E-state index is 0.585. The van der Waals surface area contributed by atoms with Gasteiger partial charge >= 0.3 is 0 Å². The van der Waals surface area contributed by atoms with Gasteiger partial charge in [-0.05, 0) is 36.8 Å². The van der Waals surface area contributed by atoms with Gasteiger partial charge in [-0.3, -0.25) is 0 Å². The predicted octanol–water partition coefficient (Wildman–Crippen LogP) is 3.83. The first kappa shape index (κ1) is 11.0. The van der Waals surface area contributed by atoms with Crippen LogP contribution in [0.1, 0.15) is 11.1 Å². The third-order valence-corrected chi connectivity index (χ3v) is 3.56. The summed E-state index contributed by atoms with van der Waals surface area (Å²) in [7, 11) is 0. The average molecular weight is 249 g/mol. The molecule has 80 valence electrons. The van der Waals surface area contributed by atoms with Gasteiger partial charge in [-0.25, -0.2) is 0 Å². The highest BCUT2D eigenvalue weighted by Crippen LogP contribution is 2.37. The zero-order chi connectivity index (χ0) is 11.7. The van der Waals surface area contributed by atoms with Crippen molar-refractivity contribution in [1.29, 1.82) is 5.26 Å². The Morgan fingerprint density at radius 2 is 2.12 bits per heavy atom. The zero-order valence-electron chi connectivity index (χ0n) is 8.62. The Hall–Kier alpha value is -1.50. The van der Waals surface area contributed by atoms with Crippen molar-refractivity contribution in [3.8, 4) is 16.5 Å². The molecule has 0 bridgehead atoms. The number of benzene rings is 1. The van der Waals surface area contributed by atoms with Crippen LogP contribution >= 0.6 is 22.9 Å². The van der Waals surface area contributed by atoms with Gasteiger partial charge in [-0.15, -0.1) is 11.3 Å². The summed E-state index contributed by atoms with van der Waals surface area (Å²) in [6, 6.07) is 9.40. The molecule has 0 unspecified atom stereocenters. The number of anilines is 1. The quantitative estimate of drug-likeness (QED) is 0.780. The van der Waals surface area contributed by atoms with Crippen molar-refractivity contribution in [2.75, 3.05) is 5.73 Å². The number of nitrogens with zero attached hydrogens (tertiary/aromatic N) is 1. The van der Waals surface area contributed by atoms with E-state index in [1.165, 1.54) is 11.3 Å². The van der Waals surface area contributed by atoms with E-state index in [9.17, 15) is 0 Å². The number of aryl methyl sites for hydroxylation is 1. The van der Waals surface area contributed by atoms with Crippen LogP contribution in [-0.4, -0.2) is 0 Å². The maximum Gasteiger partial charge on any atom is 0.0992 e. The van der Waals surface area contributed by atoms with Gasteiger partial charge in [-0.2, -0.15) is 5.26 Å². The number of halogens is 1. The fourth-order valence-corrected chi connectivity index (χ4v) is 2.84. The molecule has 0 spiro atoms. The van der Waals surface area contributed by atoms with Crippen LogP contribution in [0.3, 0.4) is 0 Å². The molecule has 0 radical (unpaired) electrons. The van der Waals surface area contributed by atoms with Crippen molar-refractivity contribution in [3.63, 3.8) is 0 Å². The summed E-state index contributed by atoms with van der Waals surface area (Å²) in [5.41, 5.74) is 9.12. The van der Waals surface area contributed by atoms with Gasteiger partial charge in [0.15, 0.2) is 0 Å². The normalized spacial score (nSPS) is 10.1. The minimum absolute atomic E-state index is 0.585. The molecule has 0 saturated heterocycles. The summed E-state index contributed by atoms with van der Waals surface area (Å²) in [6.45, 7) is 1.94. The highest BCUT2D eigenvalue weighted by atomic mass is 35.5. The van der Waals surface area contributed by atoms with Gasteiger partial charge in [0.1, 0.15) is 0 Å². The van der Waals surface area contributed by atoms with E-state index < -0.39 is 0 Å². The van der Waals surface area contributed by atoms with E-state index in [-0.39, 0.29) is 0 Å². The fraction of sp³-hybridized carbons (Fsp3) is 0.0833. The first-order chi connectivity index (χ1) is 7.61.